The molecule has 0 bridgehead atoms. The number of hydrogen-bond donors (Lipinski definition) is 0. The summed E-state index contributed by atoms with van der Waals surface area (Å²) in [7, 11) is -2.58. The Bertz CT molecular complexity index is 621. The molecule has 0 saturated heterocycles. The Morgan fingerprint density at radius 2 is 1.19 bits per heavy atom. The molecular formula is C21H38O4Si2. The van der Waals surface area contributed by atoms with Crippen LogP contribution in [-0.2, 0) is 16.0 Å². The van der Waals surface area contributed by atoms with Crippen LogP contribution >= 0.6 is 0 Å². The van der Waals surface area contributed by atoms with E-state index in [1.54, 1.807) is 0 Å². The lowest BCUT2D eigenvalue weighted by atomic mass is 10.1. The molecule has 0 radical (unpaired) electrons. The summed E-state index contributed by atoms with van der Waals surface area (Å²) in [5, 5.41) is 0.178. The Balaban J connectivity index is 3.31. The molecule has 1 aromatic rings. The van der Waals surface area contributed by atoms with E-state index in [9.17, 15) is 4.79 Å². The summed E-state index contributed by atoms with van der Waals surface area (Å²) in [5.74, 6) is 1.28. The van der Waals surface area contributed by atoms with E-state index in [0.29, 0.717) is 0 Å². The molecule has 0 N–H and O–H groups in total. The van der Waals surface area contributed by atoms with Gasteiger partial charge in [0, 0.05) is 6.07 Å². The van der Waals surface area contributed by atoms with Gasteiger partial charge in [-0.3, -0.25) is 4.79 Å². The highest BCUT2D eigenvalue weighted by molar-refractivity contribution is 6.75. The zero-order chi connectivity index (χ0) is 21.3. The number of esters is 1. The summed E-state index contributed by atoms with van der Waals surface area (Å²) in [6, 6.07) is 5.85. The highest BCUT2D eigenvalue weighted by Crippen LogP contribution is 2.40. The lowest BCUT2D eigenvalue weighted by Crippen LogP contribution is -2.44. The van der Waals surface area contributed by atoms with Crippen LogP contribution in [0.4, 0.5) is 0 Å². The molecule has 0 aliphatic rings. The molecule has 0 aliphatic heterocycles. The van der Waals surface area contributed by atoms with E-state index < -0.39 is 16.6 Å². The minimum absolute atomic E-state index is 0.0891. The fourth-order valence-electron chi connectivity index (χ4n) is 1.98. The highest BCUT2D eigenvalue weighted by Gasteiger charge is 2.40. The first-order valence-electron chi connectivity index (χ1n) is 9.57. The topological polar surface area (TPSA) is 44.8 Å². The van der Waals surface area contributed by atoms with Gasteiger partial charge in [-0.05, 0) is 54.0 Å². The first-order valence-corrected chi connectivity index (χ1v) is 15.4. The van der Waals surface area contributed by atoms with Gasteiger partial charge in [0.15, 0.2) is 0 Å². The number of methoxy groups -OCH3 is 1. The Morgan fingerprint density at radius 1 is 0.815 bits per heavy atom. The molecule has 0 spiro atoms. The van der Waals surface area contributed by atoms with E-state index in [4.69, 9.17) is 13.6 Å². The molecule has 0 aromatic heterocycles. The monoisotopic (exact) mass is 410 g/mol. The van der Waals surface area contributed by atoms with Crippen LogP contribution in [0.1, 0.15) is 47.1 Å². The van der Waals surface area contributed by atoms with Crippen molar-refractivity contribution in [1.82, 2.24) is 0 Å². The fourth-order valence-corrected chi connectivity index (χ4v) is 4.01. The van der Waals surface area contributed by atoms with Crippen molar-refractivity contribution in [3.05, 3.63) is 23.8 Å². The van der Waals surface area contributed by atoms with Crippen LogP contribution in [-0.4, -0.2) is 29.7 Å². The van der Waals surface area contributed by atoms with Gasteiger partial charge >= 0.3 is 5.97 Å². The van der Waals surface area contributed by atoms with Gasteiger partial charge in [0.25, 0.3) is 0 Å². The number of ether oxygens (including phenoxy) is 1. The highest BCUT2D eigenvalue weighted by atomic mass is 28.4. The molecular weight excluding hydrogens is 372 g/mol. The molecule has 0 fully saturated rings. The number of hydrogen-bond acceptors (Lipinski definition) is 4. The first-order chi connectivity index (χ1) is 12.0. The molecule has 1 aromatic carbocycles. The van der Waals surface area contributed by atoms with Crippen molar-refractivity contribution in [1.29, 1.82) is 0 Å². The van der Waals surface area contributed by atoms with Crippen LogP contribution < -0.4 is 8.85 Å². The summed E-state index contributed by atoms with van der Waals surface area (Å²) >= 11 is 0. The molecule has 0 heterocycles. The molecule has 6 heteroatoms. The van der Waals surface area contributed by atoms with Crippen molar-refractivity contribution < 1.29 is 18.4 Å². The minimum atomic E-state index is -2.00. The Kier molecular flexibility index (Phi) is 7.03. The average molecular weight is 411 g/mol. The summed E-state index contributed by atoms with van der Waals surface area (Å²) in [5.41, 5.74) is 0.853. The maximum absolute atomic E-state index is 11.8. The number of carbonyl (C=O) groups excluding carboxylic acids is 1. The summed E-state index contributed by atoms with van der Waals surface area (Å²) < 4.78 is 17.8. The predicted molar refractivity (Wildman–Crippen MR) is 118 cm³/mol. The SMILES string of the molecule is COC(=O)Cc1cc(O[Si](C)(C)C(C)(C)C)cc(O[Si](C)(C)C(C)(C)C)c1. The molecule has 0 amide bonds. The van der Waals surface area contributed by atoms with Crippen LogP contribution in [0.15, 0.2) is 18.2 Å². The molecule has 0 unspecified atom stereocenters. The van der Waals surface area contributed by atoms with Gasteiger partial charge in [0.1, 0.15) is 11.5 Å². The fraction of sp³-hybridized carbons (Fsp3) is 0.667. The third kappa shape index (κ3) is 6.38. The quantitative estimate of drug-likeness (QED) is 0.415. The minimum Gasteiger partial charge on any atom is -0.543 e. The van der Waals surface area contributed by atoms with Gasteiger partial charge in [0.2, 0.25) is 16.6 Å². The zero-order valence-corrected chi connectivity index (χ0v) is 21.1. The van der Waals surface area contributed by atoms with Crippen LogP contribution in [0.5, 0.6) is 11.5 Å². The van der Waals surface area contributed by atoms with E-state index in [1.165, 1.54) is 7.11 Å². The Morgan fingerprint density at radius 3 is 1.48 bits per heavy atom. The second-order valence-electron chi connectivity index (χ2n) is 10.3. The Labute approximate surface area is 167 Å². The molecule has 154 valence electrons. The standard InChI is InChI=1S/C21H38O4Si2/c1-20(2,3)26(8,9)24-17-12-16(14-19(22)23-7)13-18(15-17)25-27(10,11)21(4,5)6/h12-13,15H,14H2,1-11H3. The molecule has 27 heavy (non-hydrogen) atoms. The molecule has 0 atom stereocenters. The third-order valence-electron chi connectivity index (χ3n) is 5.87. The lowest BCUT2D eigenvalue weighted by Gasteiger charge is -2.38. The van der Waals surface area contributed by atoms with Crippen molar-refractivity contribution in [3.63, 3.8) is 0 Å². The molecule has 0 saturated carbocycles. The van der Waals surface area contributed by atoms with Crippen molar-refractivity contribution in [2.24, 2.45) is 0 Å². The molecule has 4 nitrogen and oxygen atoms in total. The lowest BCUT2D eigenvalue weighted by molar-refractivity contribution is -0.139. The Hall–Kier alpha value is -1.28. The van der Waals surface area contributed by atoms with E-state index in [-0.39, 0.29) is 22.5 Å². The summed E-state index contributed by atoms with van der Waals surface area (Å²) in [6.45, 7) is 22.1. The maximum Gasteiger partial charge on any atom is 0.309 e. The van der Waals surface area contributed by atoms with E-state index in [2.05, 4.69) is 67.7 Å². The molecule has 1 rings (SSSR count). The first kappa shape index (κ1) is 23.8. The third-order valence-corrected chi connectivity index (χ3v) is 14.6. The normalized spacial score (nSPS) is 13.3. The van der Waals surface area contributed by atoms with Gasteiger partial charge in [-0.2, -0.15) is 0 Å². The van der Waals surface area contributed by atoms with Gasteiger partial charge in [-0.25, -0.2) is 0 Å². The maximum atomic E-state index is 11.8. The van der Waals surface area contributed by atoms with Gasteiger partial charge < -0.3 is 13.6 Å². The smallest absolute Gasteiger partial charge is 0.309 e. The summed E-state index contributed by atoms with van der Waals surface area (Å²) in [4.78, 5) is 11.8. The van der Waals surface area contributed by atoms with E-state index in [1.807, 2.05) is 18.2 Å². The van der Waals surface area contributed by atoms with E-state index in [0.717, 1.165) is 17.1 Å². The van der Waals surface area contributed by atoms with Crippen LogP contribution in [0.3, 0.4) is 0 Å². The van der Waals surface area contributed by atoms with Crippen LogP contribution in [0.2, 0.25) is 36.3 Å². The number of benzene rings is 1. The van der Waals surface area contributed by atoms with Crippen LogP contribution in [0, 0.1) is 0 Å². The number of carbonyl (C=O) groups is 1. The van der Waals surface area contributed by atoms with Crippen molar-refractivity contribution in [2.75, 3.05) is 7.11 Å². The van der Waals surface area contributed by atoms with Crippen molar-refractivity contribution in [2.45, 2.75) is 84.2 Å². The van der Waals surface area contributed by atoms with Gasteiger partial charge in [-0.15, -0.1) is 0 Å². The second-order valence-corrected chi connectivity index (χ2v) is 19.7. The predicted octanol–water partition coefficient (Wildman–Crippen LogP) is 6.17. The number of rotatable bonds is 6. The van der Waals surface area contributed by atoms with Crippen molar-refractivity contribution >= 4 is 22.6 Å². The largest absolute Gasteiger partial charge is 0.543 e. The zero-order valence-electron chi connectivity index (χ0n) is 19.1. The van der Waals surface area contributed by atoms with Gasteiger partial charge in [-0.1, -0.05) is 41.5 Å². The van der Waals surface area contributed by atoms with E-state index >= 15 is 0 Å². The summed E-state index contributed by atoms with van der Waals surface area (Å²) in [6.07, 6.45) is 0.207. The van der Waals surface area contributed by atoms with Crippen molar-refractivity contribution in [3.8, 4) is 11.5 Å². The van der Waals surface area contributed by atoms with Crippen LogP contribution in [0.25, 0.3) is 0 Å². The average Bonchev–Trinajstić information content (AvgIpc) is 2.43. The second kappa shape index (κ2) is 7.99. The van der Waals surface area contributed by atoms with Gasteiger partial charge in [0.05, 0.1) is 13.5 Å². The molecule has 0 aliphatic carbocycles.